The van der Waals surface area contributed by atoms with Gasteiger partial charge in [-0.25, -0.2) is 8.78 Å². The zero-order valence-corrected chi connectivity index (χ0v) is 25.9. The number of likely N-dealkylation sites (tertiary alicyclic amines) is 1. The van der Waals surface area contributed by atoms with Gasteiger partial charge in [0, 0.05) is 67.3 Å². The molecule has 10 heteroatoms. The van der Waals surface area contributed by atoms with Crippen molar-refractivity contribution < 1.29 is 23.0 Å². The molecule has 3 fully saturated rings. The van der Waals surface area contributed by atoms with Crippen LogP contribution in [-0.4, -0.2) is 66.6 Å². The largest absolute Gasteiger partial charge is 0.496 e. The molecule has 43 heavy (non-hydrogen) atoms. The van der Waals surface area contributed by atoms with Crippen molar-refractivity contribution in [3.8, 4) is 11.5 Å². The van der Waals surface area contributed by atoms with Crippen molar-refractivity contribution in [1.82, 2.24) is 15.2 Å². The summed E-state index contributed by atoms with van der Waals surface area (Å²) in [5, 5.41) is 2.91. The summed E-state index contributed by atoms with van der Waals surface area (Å²) in [5.74, 6) is -1.93. The van der Waals surface area contributed by atoms with E-state index in [4.69, 9.17) is 9.47 Å². The Labute approximate surface area is 253 Å². The number of aromatic nitrogens is 1. The molecule has 0 spiro atoms. The van der Waals surface area contributed by atoms with Gasteiger partial charge in [0.1, 0.15) is 17.6 Å². The van der Waals surface area contributed by atoms with E-state index in [0.29, 0.717) is 53.7 Å². The lowest BCUT2D eigenvalue weighted by atomic mass is 9.86. The van der Waals surface area contributed by atoms with Gasteiger partial charge in [0.2, 0.25) is 5.92 Å². The number of piperidine rings is 1. The van der Waals surface area contributed by atoms with Gasteiger partial charge in [-0.15, -0.1) is 0 Å². The van der Waals surface area contributed by atoms with E-state index < -0.39 is 5.92 Å². The monoisotopic (exact) mass is 600 g/mol. The topological polar surface area (TPSA) is 86.9 Å². The number of ether oxygens (including phenoxy) is 2. The first-order valence-electron chi connectivity index (χ1n) is 15.8. The van der Waals surface area contributed by atoms with Gasteiger partial charge in [-0.2, -0.15) is 0 Å². The van der Waals surface area contributed by atoms with Crippen LogP contribution in [0.3, 0.4) is 0 Å². The zero-order valence-electron chi connectivity index (χ0n) is 25.9. The van der Waals surface area contributed by atoms with Crippen LogP contribution in [0.5, 0.6) is 11.5 Å². The summed E-state index contributed by atoms with van der Waals surface area (Å²) < 4.78 is 39.9. The second-order valence-corrected chi connectivity index (χ2v) is 12.5. The fourth-order valence-corrected chi connectivity index (χ4v) is 6.95. The average Bonchev–Trinajstić information content (AvgIpc) is 2.96. The average molecular weight is 601 g/mol. The number of alkyl halides is 2. The summed E-state index contributed by atoms with van der Waals surface area (Å²) in [6, 6.07) is 5.98. The lowest BCUT2D eigenvalue weighted by Crippen LogP contribution is -2.50. The quantitative estimate of drug-likeness (QED) is 0.362. The minimum Gasteiger partial charge on any atom is -0.496 e. The molecule has 3 aliphatic rings. The molecular formula is C33H46F2N4O4. The number of H-pyrrole nitrogens is 1. The van der Waals surface area contributed by atoms with Gasteiger partial charge in [-0.1, -0.05) is 6.42 Å². The number of rotatable bonds is 10. The highest BCUT2D eigenvalue weighted by atomic mass is 19.3. The van der Waals surface area contributed by atoms with Crippen molar-refractivity contribution in [2.45, 2.75) is 109 Å². The van der Waals surface area contributed by atoms with Crippen molar-refractivity contribution in [1.29, 1.82) is 0 Å². The number of aryl methyl sites for hydroxylation is 1. The second-order valence-electron chi connectivity index (χ2n) is 12.5. The predicted octanol–water partition coefficient (Wildman–Crippen LogP) is 5.73. The number of aromatic amines is 1. The molecule has 8 nitrogen and oxygen atoms in total. The summed E-state index contributed by atoms with van der Waals surface area (Å²) in [7, 11) is 1.49. The summed E-state index contributed by atoms with van der Waals surface area (Å²) in [6.07, 6.45) is 6.30. The van der Waals surface area contributed by atoms with Crippen LogP contribution in [-0.2, 0) is 6.54 Å². The van der Waals surface area contributed by atoms with Gasteiger partial charge < -0.3 is 29.6 Å². The Balaban J connectivity index is 1.39. The molecule has 5 rings (SSSR count). The third-order valence-corrected chi connectivity index (χ3v) is 9.53. The maximum absolute atomic E-state index is 14.0. The molecule has 1 aliphatic heterocycles. The van der Waals surface area contributed by atoms with E-state index in [9.17, 15) is 18.4 Å². The van der Waals surface area contributed by atoms with Crippen LogP contribution < -0.4 is 25.2 Å². The number of nitrogens with one attached hydrogen (secondary N) is 2. The van der Waals surface area contributed by atoms with Gasteiger partial charge in [0.05, 0.1) is 19.2 Å². The van der Waals surface area contributed by atoms with Crippen LogP contribution in [0, 0.1) is 13.8 Å². The number of pyridine rings is 1. The number of hydrogen-bond donors (Lipinski definition) is 2. The minimum atomic E-state index is -2.62. The predicted molar refractivity (Wildman–Crippen MR) is 164 cm³/mol. The first-order valence-corrected chi connectivity index (χ1v) is 15.8. The number of carbonyl (C=O) groups excluding carboxylic acids is 1. The number of methoxy groups -OCH3 is 1. The number of hydrogen-bond acceptors (Lipinski definition) is 6. The van der Waals surface area contributed by atoms with Crippen LogP contribution in [0.15, 0.2) is 23.0 Å². The summed E-state index contributed by atoms with van der Waals surface area (Å²) in [4.78, 5) is 33.8. The molecule has 2 saturated carbocycles. The zero-order chi connectivity index (χ0) is 30.7. The van der Waals surface area contributed by atoms with E-state index in [2.05, 4.69) is 20.1 Å². The smallest absolute Gasteiger partial charge is 0.256 e. The fourth-order valence-electron chi connectivity index (χ4n) is 6.95. The van der Waals surface area contributed by atoms with Crippen molar-refractivity contribution in [2.24, 2.45) is 0 Å². The molecule has 1 aromatic heterocycles. The maximum Gasteiger partial charge on any atom is 0.256 e. The lowest BCUT2D eigenvalue weighted by Gasteiger charge is -2.44. The molecule has 2 heterocycles. The molecular weight excluding hydrogens is 554 g/mol. The molecule has 1 saturated heterocycles. The minimum absolute atomic E-state index is 0.00713. The third-order valence-electron chi connectivity index (χ3n) is 9.53. The maximum atomic E-state index is 14.0. The number of anilines is 1. The Morgan fingerprint density at radius 2 is 1.81 bits per heavy atom. The summed E-state index contributed by atoms with van der Waals surface area (Å²) >= 11 is 0. The first kappa shape index (κ1) is 31.3. The number of amides is 1. The van der Waals surface area contributed by atoms with Crippen molar-refractivity contribution >= 4 is 11.6 Å². The van der Waals surface area contributed by atoms with Crippen LogP contribution in [0.1, 0.15) is 91.9 Å². The second kappa shape index (κ2) is 13.2. The standard InChI is InChI=1S/C33H46F2N4O4/c1-5-39(23-9-11-33(34,35)12-10-23)29-19-26(43-25-16-24(17-25)38-13-7-6-8-14-38)18-27(22(29)3)31(40)36-20-28-30(42-4)15-21(2)37-32(28)41/h15,18-19,23-25H,5-14,16-17,20H2,1-4H3,(H,36,40)(H,37,41)/t24-,25-. The number of carbonyl (C=O) groups is 1. The SMILES string of the molecule is CCN(c1cc(O[C@H]2C[C@H](N3CCCCC3)C2)cc(C(=O)NCc2c(OC)cc(C)[nH]c2=O)c1C)C1CCC(F)(F)CC1. The van der Waals surface area contributed by atoms with Gasteiger partial charge >= 0.3 is 0 Å². The van der Waals surface area contributed by atoms with Crippen molar-refractivity contribution in [3.05, 3.63) is 50.9 Å². The Bertz CT molecular complexity index is 1340. The molecule has 1 aromatic carbocycles. The van der Waals surface area contributed by atoms with Crippen LogP contribution >= 0.6 is 0 Å². The van der Waals surface area contributed by atoms with Crippen LogP contribution in [0.4, 0.5) is 14.5 Å². The Kier molecular flexibility index (Phi) is 9.63. The molecule has 2 aliphatic carbocycles. The molecule has 1 amide bonds. The normalized spacial score (nSPS) is 22.5. The van der Waals surface area contributed by atoms with E-state index in [1.165, 1.54) is 26.4 Å². The molecule has 0 unspecified atom stereocenters. The first-order chi connectivity index (χ1) is 20.6. The van der Waals surface area contributed by atoms with Gasteiger partial charge in [0.15, 0.2) is 0 Å². The highest BCUT2D eigenvalue weighted by molar-refractivity contribution is 5.97. The van der Waals surface area contributed by atoms with E-state index in [1.54, 1.807) is 19.1 Å². The van der Waals surface area contributed by atoms with E-state index >= 15 is 0 Å². The van der Waals surface area contributed by atoms with E-state index in [-0.39, 0.29) is 43.0 Å². The van der Waals surface area contributed by atoms with Crippen LogP contribution in [0.25, 0.3) is 0 Å². The molecule has 2 N–H and O–H groups in total. The summed E-state index contributed by atoms with van der Waals surface area (Å²) in [6.45, 7) is 8.60. The number of nitrogens with zero attached hydrogens (tertiary/aromatic N) is 2. The van der Waals surface area contributed by atoms with Gasteiger partial charge in [0.25, 0.3) is 11.5 Å². The Morgan fingerprint density at radius 1 is 1.12 bits per heavy atom. The molecule has 0 bridgehead atoms. The van der Waals surface area contributed by atoms with E-state index in [1.807, 2.05) is 19.9 Å². The van der Waals surface area contributed by atoms with Crippen molar-refractivity contribution in [2.75, 3.05) is 31.6 Å². The third kappa shape index (κ3) is 7.16. The van der Waals surface area contributed by atoms with Gasteiger partial charge in [-0.05, 0) is 77.2 Å². The summed E-state index contributed by atoms with van der Waals surface area (Å²) in [5.41, 5.74) is 2.73. The van der Waals surface area contributed by atoms with E-state index in [0.717, 1.165) is 37.2 Å². The lowest BCUT2D eigenvalue weighted by molar-refractivity contribution is -0.0380. The van der Waals surface area contributed by atoms with Crippen LogP contribution in [0.2, 0.25) is 0 Å². The molecule has 236 valence electrons. The molecule has 0 atom stereocenters. The number of halogens is 2. The molecule has 2 aromatic rings. The fraction of sp³-hybridized carbons (Fsp3) is 0.636. The highest BCUT2D eigenvalue weighted by Crippen LogP contribution is 2.40. The van der Waals surface area contributed by atoms with Gasteiger partial charge in [-0.3, -0.25) is 9.59 Å². The Morgan fingerprint density at radius 3 is 2.47 bits per heavy atom. The molecule has 0 radical (unpaired) electrons. The Hall–Kier alpha value is -3.14. The van der Waals surface area contributed by atoms with Crippen molar-refractivity contribution in [3.63, 3.8) is 0 Å². The number of benzene rings is 1. The highest BCUT2D eigenvalue weighted by Gasteiger charge is 2.38.